The lowest BCUT2D eigenvalue weighted by molar-refractivity contribution is -0.122. The van der Waals surface area contributed by atoms with Crippen molar-refractivity contribution in [3.8, 4) is 0 Å². The normalized spacial score (nSPS) is 19.3. The summed E-state index contributed by atoms with van der Waals surface area (Å²) in [6.45, 7) is 0.840. The third kappa shape index (κ3) is 3.00. The highest BCUT2D eigenvalue weighted by Gasteiger charge is 2.21. The number of carbonyl (C=O) groups is 1. The molecule has 0 saturated carbocycles. The molecule has 0 unspecified atom stereocenters. The van der Waals surface area contributed by atoms with Gasteiger partial charge in [-0.25, -0.2) is 8.78 Å². The van der Waals surface area contributed by atoms with Crippen LogP contribution >= 0.6 is 0 Å². The van der Waals surface area contributed by atoms with Gasteiger partial charge >= 0.3 is 0 Å². The zero-order valence-corrected chi connectivity index (χ0v) is 9.30. The molecule has 1 aromatic carbocycles. The minimum atomic E-state index is -0.508. The Morgan fingerprint density at radius 1 is 1.47 bits per heavy atom. The Labute approximate surface area is 98.2 Å². The van der Waals surface area contributed by atoms with Crippen LogP contribution in [0.2, 0.25) is 0 Å². The molecule has 0 radical (unpaired) electrons. The molecular formula is C12H14F2N2O. The fraction of sp³-hybridized carbons (Fsp3) is 0.417. The van der Waals surface area contributed by atoms with Crippen LogP contribution in [0.4, 0.5) is 8.78 Å². The van der Waals surface area contributed by atoms with Gasteiger partial charge in [0.15, 0.2) is 0 Å². The van der Waals surface area contributed by atoms with Gasteiger partial charge in [-0.2, -0.15) is 0 Å². The summed E-state index contributed by atoms with van der Waals surface area (Å²) in [6, 6.07) is 3.01. The van der Waals surface area contributed by atoms with Gasteiger partial charge in [0.1, 0.15) is 11.6 Å². The molecule has 0 spiro atoms. The molecule has 2 N–H and O–H groups in total. The molecule has 0 bridgehead atoms. The molecular weight excluding hydrogens is 226 g/mol. The van der Waals surface area contributed by atoms with Crippen LogP contribution in [0, 0.1) is 11.6 Å². The van der Waals surface area contributed by atoms with Crippen molar-refractivity contribution < 1.29 is 13.6 Å². The van der Waals surface area contributed by atoms with Gasteiger partial charge in [0, 0.05) is 12.1 Å². The Kier molecular flexibility index (Phi) is 3.68. The van der Waals surface area contributed by atoms with Crippen LogP contribution in [0.15, 0.2) is 18.2 Å². The van der Waals surface area contributed by atoms with Crippen molar-refractivity contribution >= 4 is 5.91 Å². The summed E-state index contributed by atoms with van der Waals surface area (Å²) >= 11 is 0. The number of benzene rings is 1. The maximum absolute atomic E-state index is 13.3. The molecule has 1 heterocycles. The van der Waals surface area contributed by atoms with Gasteiger partial charge in [-0.3, -0.25) is 4.79 Å². The molecule has 1 aromatic rings. The molecule has 1 atom stereocenters. The smallest absolute Gasteiger partial charge is 0.237 e. The maximum atomic E-state index is 13.3. The highest BCUT2D eigenvalue weighted by molar-refractivity contribution is 5.81. The highest BCUT2D eigenvalue weighted by Crippen LogP contribution is 2.10. The minimum absolute atomic E-state index is 0.0145. The number of halogens is 2. The zero-order chi connectivity index (χ0) is 12.3. The van der Waals surface area contributed by atoms with Crippen molar-refractivity contribution in [3.63, 3.8) is 0 Å². The van der Waals surface area contributed by atoms with Crippen LogP contribution in [-0.4, -0.2) is 18.5 Å². The van der Waals surface area contributed by atoms with Crippen LogP contribution in [0.25, 0.3) is 0 Å². The average Bonchev–Trinajstić information content (AvgIpc) is 2.83. The predicted octanol–water partition coefficient (Wildman–Crippen LogP) is 1.33. The molecule has 1 aliphatic heterocycles. The summed E-state index contributed by atoms with van der Waals surface area (Å²) in [5.41, 5.74) is 0.163. The molecule has 0 aromatic heterocycles. The fourth-order valence-electron chi connectivity index (χ4n) is 1.89. The van der Waals surface area contributed by atoms with Crippen LogP contribution in [0.1, 0.15) is 18.4 Å². The number of amides is 1. The first-order chi connectivity index (χ1) is 8.16. The third-order valence-electron chi connectivity index (χ3n) is 2.84. The largest absolute Gasteiger partial charge is 0.351 e. The van der Waals surface area contributed by atoms with Crippen molar-refractivity contribution in [2.45, 2.75) is 25.4 Å². The van der Waals surface area contributed by atoms with Crippen molar-refractivity contribution in [1.82, 2.24) is 10.6 Å². The summed E-state index contributed by atoms with van der Waals surface area (Å²) < 4.78 is 26.1. The Bertz CT molecular complexity index is 417. The van der Waals surface area contributed by atoms with Gasteiger partial charge in [0.05, 0.1) is 6.04 Å². The Hall–Kier alpha value is -1.49. The minimum Gasteiger partial charge on any atom is -0.351 e. The summed E-state index contributed by atoms with van der Waals surface area (Å²) in [6.07, 6.45) is 1.75. The van der Waals surface area contributed by atoms with E-state index >= 15 is 0 Å². The van der Waals surface area contributed by atoms with Gasteiger partial charge in [-0.15, -0.1) is 0 Å². The predicted molar refractivity (Wildman–Crippen MR) is 59.2 cm³/mol. The molecule has 2 rings (SSSR count). The molecule has 1 aliphatic rings. The first-order valence-electron chi connectivity index (χ1n) is 5.62. The van der Waals surface area contributed by atoms with E-state index in [9.17, 15) is 13.6 Å². The number of hydrogen-bond acceptors (Lipinski definition) is 2. The lowest BCUT2D eigenvalue weighted by atomic mass is 10.2. The van der Waals surface area contributed by atoms with E-state index in [1.807, 2.05) is 0 Å². The molecule has 1 saturated heterocycles. The molecule has 1 amide bonds. The topological polar surface area (TPSA) is 41.1 Å². The number of nitrogens with one attached hydrogen (secondary N) is 2. The van der Waals surface area contributed by atoms with Gasteiger partial charge < -0.3 is 10.6 Å². The second kappa shape index (κ2) is 5.23. The SMILES string of the molecule is O=C(NCc1cc(F)ccc1F)[C@@H]1CCCN1. The monoisotopic (exact) mass is 240 g/mol. The molecule has 5 heteroatoms. The fourth-order valence-corrected chi connectivity index (χ4v) is 1.89. The summed E-state index contributed by atoms with van der Waals surface area (Å²) in [5, 5.41) is 5.64. The van der Waals surface area contributed by atoms with Crippen molar-refractivity contribution in [2.24, 2.45) is 0 Å². The van der Waals surface area contributed by atoms with Crippen molar-refractivity contribution in [1.29, 1.82) is 0 Å². The molecule has 1 fully saturated rings. The number of rotatable bonds is 3. The van der Waals surface area contributed by atoms with Crippen LogP contribution < -0.4 is 10.6 Å². The van der Waals surface area contributed by atoms with E-state index in [1.165, 1.54) is 0 Å². The van der Waals surface area contributed by atoms with Gasteiger partial charge in [-0.1, -0.05) is 0 Å². The molecule has 17 heavy (non-hydrogen) atoms. The van der Waals surface area contributed by atoms with E-state index in [-0.39, 0.29) is 24.1 Å². The van der Waals surface area contributed by atoms with E-state index in [1.54, 1.807) is 0 Å². The molecule has 3 nitrogen and oxygen atoms in total. The number of hydrogen-bond donors (Lipinski definition) is 2. The van der Waals surface area contributed by atoms with E-state index in [0.717, 1.165) is 37.6 Å². The highest BCUT2D eigenvalue weighted by atomic mass is 19.1. The average molecular weight is 240 g/mol. The van der Waals surface area contributed by atoms with Crippen molar-refractivity contribution in [3.05, 3.63) is 35.4 Å². The molecule has 92 valence electrons. The van der Waals surface area contributed by atoms with Crippen LogP contribution in [0.5, 0.6) is 0 Å². The van der Waals surface area contributed by atoms with Gasteiger partial charge in [0.25, 0.3) is 0 Å². The van der Waals surface area contributed by atoms with E-state index in [2.05, 4.69) is 10.6 Å². The van der Waals surface area contributed by atoms with Gasteiger partial charge in [-0.05, 0) is 37.6 Å². The summed E-state index contributed by atoms with van der Waals surface area (Å²) in [5.74, 6) is -1.17. The second-order valence-electron chi connectivity index (χ2n) is 4.10. The van der Waals surface area contributed by atoms with E-state index < -0.39 is 11.6 Å². The van der Waals surface area contributed by atoms with Gasteiger partial charge in [0.2, 0.25) is 5.91 Å². The quantitative estimate of drug-likeness (QED) is 0.837. The second-order valence-corrected chi connectivity index (χ2v) is 4.10. The molecule has 0 aliphatic carbocycles. The third-order valence-corrected chi connectivity index (χ3v) is 2.84. The van der Waals surface area contributed by atoms with Crippen LogP contribution in [-0.2, 0) is 11.3 Å². The number of carbonyl (C=O) groups excluding carboxylic acids is 1. The Morgan fingerprint density at radius 2 is 2.29 bits per heavy atom. The van der Waals surface area contributed by atoms with Crippen molar-refractivity contribution in [2.75, 3.05) is 6.54 Å². The first-order valence-corrected chi connectivity index (χ1v) is 5.62. The first kappa shape index (κ1) is 12.0. The van der Waals surface area contributed by atoms with E-state index in [4.69, 9.17) is 0 Å². The Morgan fingerprint density at radius 3 is 3.00 bits per heavy atom. The lowest BCUT2D eigenvalue weighted by Crippen LogP contribution is -2.40. The van der Waals surface area contributed by atoms with E-state index in [0.29, 0.717) is 0 Å². The lowest BCUT2D eigenvalue weighted by Gasteiger charge is -2.11. The van der Waals surface area contributed by atoms with Crippen LogP contribution in [0.3, 0.4) is 0 Å². The standard InChI is InChI=1S/C12H14F2N2O/c13-9-3-4-10(14)8(6-9)7-16-12(17)11-2-1-5-15-11/h3-4,6,11,15H,1-2,5,7H2,(H,16,17)/t11-/m0/s1. The Balaban J connectivity index is 1.92. The summed E-state index contributed by atoms with van der Waals surface area (Å²) in [4.78, 5) is 11.6. The maximum Gasteiger partial charge on any atom is 0.237 e. The summed E-state index contributed by atoms with van der Waals surface area (Å²) in [7, 11) is 0. The zero-order valence-electron chi connectivity index (χ0n) is 9.30.